The lowest BCUT2D eigenvalue weighted by Gasteiger charge is -2.26. The number of aromatic hydroxyl groups is 1. The number of hydrogen-bond donors (Lipinski definition) is 2. The Hall–Kier alpha value is -4.56. The highest BCUT2D eigenvalue weighted by Gasteiger charge is 2.27. The van der Waals surface area contributed by atoms with Crippen molar-refractivity contribution in [2.75, 3.05) is 7.11 Å². The molecule has 1 atom stereocenters. The molecule has 57 heavy (non-hydrogen) atoms. The molecule has 12 nitrogen and oxygen atoms in total. The molecule has 0 aliphatic carbocycles. The minimum absolute atomic E-state index is 0.0175. The Morgan fingerprint density at radius 2 is 1.04 bits per heavy atom. The number of phenolic OH excluding ortho intramolecular Hbond substituents is 1. The maximum absolute atomic E-state index is 13.1. The quantitative estimate of drug-likeness (QED) is 0.0728. The predicted octanol–water partition coefficient (Wildman–Crippen LogP) is 8.60. The summed E-state index contributed by atoms with van der Waals surface area (Å²) in [6, 6.07) is 24.0. The lowest BCUT2D eigenvalue weighted by molar-refractivity contribution is -0.143. The highest BCUT2D eigenvalue weighted by atomic mass is 35.5. The van der Waals surface area contributed by atoms with Crippen LogP contribution in [-0.4, -0.2) is 65.7 Å². The molecule has 1 unspecified atom stereocenters. The standard InChI is InChI=1S/C41H43Cl4N7O5/c1-41(2,3)57-40(55)50-33(39(54)56-4)19-26-17-27(20-51(22-29-9-5-13-34(42)46-29)23-30-10-6-14-35(43)47-30)38(53)28(18-26)21-52(24-31-11-7-15-36(44)48-31)25-32-12-8-16-37(45)49-32/h5-18,33,53H,19-25H2,1-4H3,(H,50,55). The molecule has 0 aliphatic heterocycles. The molecule has 300 valence electrons. The number of aromatic nitrogens is 4. The van der Waals surface area contributed by atoms with Gasteiger partial charge in [-0.05, 0) is 74.9 Å². The van der Waals surface area contributed by atoms with Crippen LogP contribution in [-0.2, 0) is 60.0 Å². The maximum Gasteiger partial charge on any atom is 0.408 e. The van der Waals surface area contributed by atoms with Gasteiger partial charge in [-0.15, -0.1) is 0 Å². The van der Waals surface area contributed by atoms with Crippen molar-refractivity contribution in [3.05, 3.63) is 145 Å². The fraction of sp³-hybridized carbons (Fsp3) is 0.317. The van der Waals surface area contributed by atoms with E-state index in [9.17, 15) is 14.7 Å². The van der Waals surface area contributed by atoms with E-state index in [0.29, 0.717) is 86.3 Å². The van der Waals surface area contributed by atoms with E-state index in [0.717, 1.165) is 0 Å². The number of nitrogens with one attached hydrogen (secondary N) is 1. The molecule has 0 saturated heterocycles. The van der Waals surface area contributed by atoms with Crippen LogP contribution >= 0.6 is 46.4 Å². The highest BCUT2D eigenvalue weighted by molar-refractivity contribution is 6.30. The average Bonchev–Trinajstić information content (AvgIpc) is 3.12. The molecule has 5 aromatic rings. The molecule has 0 fully saturated rings. The number of carbonyl (C=O) groups is 2. The van der Waals surface area contributed by atoms with Crippen molar-refractivity contribution >= 4 is 58.5 Å². The topological polar surface area (TPSA) is 143 Å². The van der Waals surface area contributed by atoms with Crippen molar-refractivity contribution in [2.45, 2.75) is 78.1 Å². The van der Waals surface area contributed by atoms with Crippen molar-refractivity contribution in [1.29, 1.82) is 0 Å². The largest absolute Gasteiger partial charge is 0.507 e. The number of amides is 1. The molecule has 5 rings (SSSR count). The van der Waals surface area contributed by atoms with E-state index < -0.39 is 23.7 Å². The van der Waals surface area contributed by atoms with Crippen molar-refractivity contribution in [1.82, 2.24) is 35.1 Å². The van der Waals surface area contributed by atoms with Crippen LogP contribution in [0, 0.1) is 0 Å². The summed E-state index contributed by atoms with van der Waals surface area (Å²) in [5.74, 6) is -0.641. The molecule has 16 heteroatoms. The molecule has 0 radical (unpaired) electrons. The van der Waals surface area contributed by atoms with E-state index in [2.05, 4.69) is 25.3 Å². The first-order valence-corrected chi connectivity index (χ1v) is 19.4. The Bertz CT molecular complexity index is 1950. The first-order chi connectivity index (χ1) is 27.1. The predicted molar refractivity (Wildman–Crippen MR) is 220 cm³/mol. The van der Waals surface area contributed by atoms with Crippen LogP contribution in [0.25, 0.3) is 0 Å². The Morgan fingerprint density at radius 1 is 0.667 bits per heavy atom. The van der Waals surface area contributed by atoms with Crippen LogP contribution in [0.3, 0.4) is 0 Å². The summed E-state index contributed by atoms with van der Waals surface area (Å²) in [7, 11) is 1.25. The Kier molecular flexibility index (Phi) is 15.5. The number of pyridine rings is 4. The number of nitrogens with zero attached hydrogens (tertiary/aromatic N) is 6. The summed E-state index contributed by atoms with van der Waals surface area (Å²) in [5.41, 5.74) is 3.69. The fourth-order valence-electron chi connectivity index (χ4n) is 6.10. The third kappa shape index (κ3) is 14.1. The van der Waals surface area contributed by atoms with Crippen LogP contribution in [0.1, 0.15) is 60.2 Å². The van der Waals surface area contributed by atoms with Gasteiger partial charge in [-0.1, -0.05) is 82.8 Å². The molecule has 4 aromatic heterocycles. The molecular weight excluding hydrogens is 812 g/mol. The summed E-state index contributed by atoms with van der Waals surface area (Å²) in [5, 5.41) is 16.2. The first-order valence-electron chi connectivity index (χ1n) is 17.9. The summed E-state index contributed by atoms with van der Waals surface area (Å²) in [6.45, 7) is 6.96. The zero-order valence-corrected chi connectivity index (χ0v) is 34.9. The van der Waals surface area contributed by atoms with E-state index in [1.165, 1.54) is 7.11 Å². The number of rotatable bonds is 16. The molecule has 1 amide bonds. The second-order valence-electron chi connectivity index (χ2n) is 14.3. The monoisotopic (exact) mass is 853 g/mol. The molecule has 2 N–H and O–H groups in total. The van der Waals surface area contributed by atoms with Crippen molar-refractivity contribution < 1.29 is 24.2 Å². The number of phenols is 1. The van der Waals surface area contributed by atoms with Gasteiger partial charge in [0.2, 0.25) is 0 Å². The number of methoxy groups -OCH3 is 1. The van der Waals surface area contributed by atoms with Gasteiger partial charge in [0.1, 0.15) is 38.0 Å². The molecule has 0 aliphatic rings. The van der Waals surface area contributed by atoms with Gasteiger partial charge < -0.3 is 19.9 Å². The van der Waals surface area contributed by atoms with Crippen LogP contribution in [0.4, 0.5) is 4.79 Å². The molecule has 4 heterocycles. The van der Waals surface area contributed by atoms with E-state index in [4.69, 9.17) is 55.9 Å². The Morgan fingerprint density at radius 3 is 1.35 bits per heavy atom. The zero-order chi connectivity index (χ0) is 41.1. The van der Waals surface area contributed by atoms with Gasteiger partial charge in [0.25, 0.3) is 0 Å². The number of ether oxygens (including phenoxy) is 2. The second-order valence-corrected chi connectivity index (χ2v) is 15.8. The average molecular weight is 856 g/mol. The summed E-state index contributed by atoms with van der Waals surface area (Å²) >= 11 is 25.1. The lowest BCUT2D eigenvalue weighted by atomic mass is 9.97. The normalized spacial score (nSPS) is 12.1. The minimum atomic E-state index is -1.11. The first kappa shape index (κ1) is 43.6. The van der Waals surface area contributed by atoms with Crippen molar-refractivity contribution in [2.24, 2.45) is 0 Å². The molecule has 1 aromatic carbocycles. The molecule has 0 saturated carbocycles. The molecule has 0 bridgehead atoms. The number of alkyl carbamates (subject to hydrolysis) is 1. The van der Waals surface area contributed by atoms with Gasteiger partial charge in [-0.3, -0.25) is 9.80 Å². The third-order valence-corrected chi connectivity index (χ3v) is 9.21. The van der Waals surface area contributed by atoms with Crippen LogP contribution in [0.15, 0.2) is 84.9 Å². The number of esters is 1. The van der Waals surface area contributed by atoms with Gasteiger partial charge >= 0.3 is 12.1 Å². The zero-order valence-electron chi connectivity index (χ0n) is 31.9. The summed E-state index contributed by atoms with van der Waals surface area (Å²) in [4.78, 5) is 48.1. The van der Waals surface area contributed by atoms with Gasteiger partial charge in [-0.2, -0.15) is 0 Å². The van der Waals surface area contributed by atoms with Crippen LogP contribution < -0.4 is 5.32 Å². The molecule has 0 spiro atoms. The van der Waals surface area contributed by atoms with E-state index in [1.807, 2.05) is 58.3 Å². The number of benzene rings is 1. The van der Waals surface area contributed by atoms with Crippen molar-refractivity contribution in [3.63, 3.8) is 0 Å². The summed E-state index contributed by atoms with van der Waals surface area (Å²) in [6.07, 6.45) is -0.760. The van der Waals surface area contributed by atoms with Gasteiger partial charge in [-0.25, -0.2) is 29.5 Å². The Balaban J connectivity index is 1.57. The van der Waals surface area contributed by atoms with E-state index in [-0.39, 0.29) is 25.3 Å². The second kappa shape index (κ2) is 20.2. The van der Waals surface area contributed by atoms with Crippen LogP contribution in [0.2, 0.25) is 20.6 Å². The number of halogens is 4. The lowest BCUT2D eigenvalue weighted by Crippen LogP contribution is -2.45. The highest BCUT2D eigenvalue weighted by Crippen LogP contribution is 2.30. The van der Waals surface area contributed by atoms with Gasteiger partial charge in [0.05, 0.1) is 29.9 Å². The SMILES string of the molecule is COC(=O)C(Cc1cc(CN(Cc2cccc(Cl)n2)Cc2cccc(Cl)n2)c(O)c(CN(Cc2cccc(Cl)n2)Cc2cccc(Cl)n2)c1)NC(=O)OC(C)(C)C. The maximum atomic E-state index is 13.1. The van der Waals surface area contributed by atoms with Crippen molar-refractivity contribution in [3.8, 4) is 5.75 Å². The Labute approximate surface area is 352 Å². The van der Waals surface area contributed by atoms with E-state index in [1.54, 1.807) is 57.2 Å². The number of carbonyl (C=O) groups excluding carboxylic acids is 2. The number of hydrogen-bond acceptors (Lipinski definition) is 11. The van der Waals surface area contributed by atoms with Gasteiger partial charge in [0.15, 0.2) is 0 Å². The minimum Gasteiger partial charge on any atom is -0.507 e. The summed E-state index contributed by atoms with van der Waals surface area (Å²) < 4.78 is 10.5. The fourth-order valence-corrected chi connectivity index (χ4v) is 6.82. The smallest absolute Gasteiger partial charge is 0.408 e. The molecular formula is C41H43Cl4N7O5. The van der Waals surface area contributed by atoms with Crippen LogP contribution in [0.5, 0.6) is 5.75 Å². The third-order valence-electron chi connectivity index (χ3n) is 8.37. The van der Waals surface area contributed by atoms with Gasteiger partial charge in [0, 0.05) is 56.8 Å². The van der Waals surface area contributed by atoms with E-state index >= 15 is 0 Å².